The number of allylic oxidation sites excluding steroid dienone is 1. The van der Waals surface area contributed by atoms with Gasteiger partial charge in [0.15, 0.2) is 11.5 Å². The van der Waals surface area contributed by atoms with E-state index in [9.17, 15) is 4.39 Å². The fourth-order valence-electron chi connectivity index (χ4n) is 4.85. The molecule has 43 heavy (non-hydrogen) atoms. The molecule has 0 atom stereocenters. The van der Waals surface area contributed by atoms with Gasteiger partial charge in [-0.25, -0.2) is 14.4 Å². The third-order valence-electron chi connectivity index (χ3n) is 6.80. The molecule has 0 aliphatic heterocycles. The topological polar surface area (TPSA) is 120 Å². The predicted molar refractivity (Wildman–Crippen MR) is 178 cm³/mol. The van der Waals surface area contributed by atoms with Crippen LogP contribution in [0.1, 0.15) is 25.3 Å². The van der Waals surface area contributed by atoms with E-state index in [2.05, 4.69) is 60.4 Å². The van der Waals surface area contributed by atoms with Crippen LogP contribution in [0.4, 0.5) is 10.1 Å². The lowest BCUT2D eigenvalue weighted by atomic mass is 10.1. The zero-order chi connectivity index (χ0) is 30.1. The van der Waals surface area contributed by atoms with Gasteiger partial charge in [-0.1, -0.05) is 31.7 Å². The molecule has 0 aliphatic rings. The number of hydrogen-bond donors (Lipinski definition) is 4. The summed E-state index contributed by atoms with van der Waals surface area (Å²) < 4.78 is 18.0. The normalized spacial score (nSPS) is 11.8. The zero-order valence-corrected chi connectivity index (χ0v) is 24.9. The molecular weight excluding hydrogens is 561 g/mol. The third-order valence-corrected chi connectivity index (χ3v) is 7.64. The Balaban J connectivity index is 1.37. The van der Waals surface area contributed by atoms with Crippen molar-refractivity contribution in [2.24, 2.45) is 0 Å². The smallest absolute Gasteiger partial charge is 0.161 e. The number of rotatable bonds is 10. The second-order valence-electron chi connectivity index (χ2n) is 10.7. The quantitative estimate of drug-likeness (QED) is 0.129. The van der Waals surface area contributed by atoms with Crippen LogP contribution < -0.4 is 10.0 Å². The van der Waals surface area contributed by atoms with Crippen molar-refractivity contribution in [3.63, 3.8) is 0 Å². The van der Waals surface area contributed by atoms with Crippen LogP contribution in [0.15, 0.2) is 73.3 Å². The van der Waals surface area contributed by atoms with Crippen molar-refractivity contribution in [1.29, 1.82) is 0 Å². The van der Waals surface area contributed by atoms with Crippen LogP contribution >= 0.6 is 9.39 Å². The van der Waals surface area contributed by atoms with Gasteiger partial charge in [0.25, 0.3) is 0 Å². The molecule has 0 spiro atoms. The van der Waals surface area contributed by atoms with Crippen LogP contribution in [0.5, 0.6) is 0 Å². The van der Waals surface area contributed by atoms with E-state index in [-0.39, 0.29) is 5.82 Å². The first-order valence-electron chi connectivity index (χ1n) is 13.8. The Labute approximate surface area is 249 Å². The van der Waals surface area contributed by atoms with Crippen molar-refractivity contribution in [3.8, 4) is 34.0 Å². The summed E-state index contributed by atoms with van der Waals surface area (Å²) in [6.45, 7) is 6.64. The SMILES string of the molecule is C=C(CCC)Nc1cncc(-c2ccc3[nH]nc(-c4nc5c(-c6cc(F)cc(CNS(=C)(=C)C)c6)nccc5[nH]4)c3n2)c1. The average Bonchev–Trinajstić information content (AvgIpc) is 3.59. The maximum absolute atomic E-state index is 14.7. The number of imidazole rings is 1. The average molecular weight is 594 g/mol. The third kappa shape index (κ3) is 6.18. The molecule has 9 nitrogen and oxygen atoms in total. The Kier molecular flexibility index (Phi) is 7.51. The number of nitrogens with one attached hydrogen (secondary N) is 4. The molecule has 218 valence electrons. The van der Waals surface area contributed by atoms with E-state index < -0.39 is 9.39 Å². The first-order valence-corrected chi connectivity index (χ1v) is 16.1. The first kappa shape index (κ1) is 28.3. The zero-order valence-electron chi connectivity index (χ0n) is 24.0. The first-order chi connectivity index (χ1) is 20.7. The van der Waals surface area contributed by atoms with Crippen LogP contribution in [0.2, 0.25) is 0 Å². The van der Waals surface area contributed by atoms with E-state index in [0.29, 0.717) is 40.4 Å². The van der Waals surface area contributed by atoms with Crippen LogP contribution in [0.3, 0.4) is 0 Å². The molecule has 0 saturated carbocycles. The lowest BCUT2D eigenvalue weighted by Gasteiger charge is -2.12. The van der Waals surface area contributed by atoms with Gasteiger partial charge in [0.2, 0.25) is 0 Å². The van der Waals surface area contributed by atoms with Crippen molar-refractivity contribution in [3.05, 3.63) is 84.7 Å². The Bertz CT molecular complexity index is 2090. The maximum atomic E-state index is 14.7. The number of nitrogens with zero attached hydrogens (tertiary/aromatic N) is 5. The van der Waals surface area contributed by atoms with Crippen molar-refractivity contribution >= 4 is 48.9 Å². The molecule has 0 amide bonds. The number of fused-ring (bicyclic) bond motifs is 2. The molecule has 11 heteroatoms. The standard InChI is InChI=1S/C32H32FN9S/c1-6-7-19(2)37-24-15-22(17-34-18-24)25-8-9-27-30(38-25)31(42-41-27)32-39-26-10-11-35-28(29(26)40-32)21-12-20(13-23(33)14-21)16-36-43(3,4)5/h8-15,17-18,36-37H,2-4,6-7,16H2,1,5H3,(H,39,40)(H,41,42). The molecule has 5 heterocycles. The molecule has 0 unspecified atom stereocenters. The molecule has 0 aliphatic carbocycles. The molecule has 6 aromatic rings. The minimum atomic E-state index is -1.45. The number of benzene rings is 1. The molecule has 5 aromatic heterocycles. The summed E-state index contributed by atoms with van der Waals surface area (Å²) in [7, 11) is -1.45. The fourth-order valence-corrected chi connectivity index (χ4v) is 5.36. The number of aromatic amines is 2. The highest BCUT2D eigenvalue weighted by Gasteiger charge is 2.18. The Hall–Kier alpha value is -4.87. The molecule has 0 fully saturated rings. The van der Waals surface area contributed by atoms with Gasteiger partial charge in [-0.15, -0.1) is 0 Å². The lowest BCUT2D eigenvalue weighted by molar-refractivity contribution is 0.625. The number of halogens is 1. The summed E-state index contributed by atoms with van der Waals surface area (Å²) in [6.07, 6.45) is 9.05. The van der Waals surface area contributed by atoms with E-state index in [1.165, 1.54) is 12.1 Å². The molecule has 0 saturated heterocycles. The van der Waals surface area contributed by atoms with Gasteiger partial charge in [-0.05, 0) is 60.7 Å². The highest BCUT2D eigenvalue weighted by atomic mass is 32.2. The predicted octanol–water partition coefficient (Wildman–Crippen LogP) is 6.79. The van der Waals surface area contributed by atoms with Gasteiger partial charge in [0.1, 0.15) is 16.9 Å². The van der Waals surface area contributed by atoms with Gasteiger partial charge in [-0.3, -0.25) is 19.8 Å². The highest BCUT2D eigenvalue weighted by Crippen LogP contribution is 2.32. The van der Waals surface area contributed by atoms with E-state index in [1.54, 1.807) is 18.6 Å². The molecule has 0 radical (unpaired) electrons. The van der Waals surface area contributed by atoms with Crippen LogP contribution in [0, 0.1) is 5.82 Å². The van der Waals surface area contributed by atoms with Gasteiger partial charge in [-0.2, -0.15) is 14.5 Å². The van der Waals surface area contributed by atoms with Crippen LogP contribution in [-0.4, -0.2) is 53.1 Å². The summed E-state index contributed by atoms with van der Waals surface area (Å²) in [5.41, 5.74) is 8.70. The Morgan fingerprint density at radius 3 is 2.63 bits per heavy atom. The van der Waals surface area contributed by atoms with Crippen molar-refractivity contribution in [1.82, 2.24) is 39.8 Å². The van der Waals surface area contributed by atoms with Gasteiger partial charge >= 0.3 is 0 Å². The van der Waals surface area contributed by atoms with Gasteiger partial charge < -0.3 is 10.3 Å². The summed E-state index contributed by atoms with van der Waals surface area (Å²) in [6, 6.07) is 12.6. The fraction of sp³-hybridized carbons (Fsp3) is 0.156. The van der Waals surface area contributed by atoms with Crippen LogP contribution in [0.25, 0.3) is 56.1 Å². The number of anilines is 1. The minimum absolute atomic E-state index is 0.354. The van der Waals surface area contributed by atoms with E-state index in [0.717, 1.165) is 52.1 Å². The van der Waals surface area contributed by atoms with Gasteiger partial charge in [0.05, 0.1) is 34.3 Å². The van der Waals surface area contributed by atoms with Crippen molar-refractivity contribution < 1.29 is 4.39 Å². The van der Waals surface area contributed by atoms with Gasteiger partial charge in [0, 0.05) is 35.8 Å². The van der Waals surface area contributed by atoms with Crippen LogP contribution in [-0.2, 0) is 6.54 Å². The van der Waals surface area contributed by atoms with Crippen molar-refractivity contribution in [2.45, 2.75) is 26.3 Å². The summed E-state index contributed by atoms with van der Waals surface area (Å²) in [5.74, 6) is 8.25. The summed E-state index contributed by atoms with van der Waals surface area (Å²) in [4.78, 5) is 22.1. The van der Waals surface area contributed by atoms with Crippen molar-refractivity contribution in [2.75, 3.05) is 11.6 Å². The Morgan fingerprint density at radius 2 is 1.81 bits per heavy atom. The lowest BCUT2D eigenvalue weighted by Crippen LogP contribution is -2.08. The van der Waals surface area contributed by atoms with E-state index in [1.807, 2.05) is 36.6 Å². The summed E-state index contributed by atoms with van der Waals surface area (Å²) in [5, 5.41) is 10.9. The molecule has 4 N–H and O–H groups in total. The minimum Gasteiger partial charge on any atom is -0.358 e. The monoisotopic (exact) mass is 593 g/mol. The highest BCUT2D eigenvalue weighted by molar-refractivity contribution is 8.25. The van der Waals surface area contributed by atoms with E-state index >= 15 is 0 Å². The maximum Gasteiger partial charge on any atom is 0.161 e. The molecule has 0 bridgehead atoms. The number of hydrogen-bond acceptors (Lipinski definition) is 7. The number of aromatic nitrogens is 7. The second-order valence-corrected chi connectivity index (χ2v) is 13.5. The molecule has 1 aromatic carbocycles. The summed E-state index contributed by atoms with van der Waals surface area (Å²) >= 11 is 0. The number of pyridine rings is 3. The second kappa shape index (κ2) is 11.4. The largest absolute Gasteiger partial charge is 0.358 e. The van der Waals surface area contributed by atoms with E-state index in [4.69, 9.17) is 9.97 Å². The molecular formula is C32H32FN9S. The molecule has 6 rings (SSSR count). The number of H-pyrrole nitrogens is 2. The Morgan fingerprint density at radius 1 is 0.977 bits per heavy atom.